The molecule has 0 radical (unpaired) electrons. The van der Waals surface area contributed by atoms with Crippen molar-refractivity contribution in [1.82, 2.24) is 5.43 Å². The van der Waals surface area contributed by atoms with E-state index in [1.807, 2.05) is 31.2 Å². The van der Waals surface area contributed by atoms with Crippen LogP contribution in [-0.2, 0) is 4.79 Å². The molecule has 0 atom stereocenters. The maximum Gasteiger partial charge on any atom is 0.271 e. The number of hydrogen-bond donors (Lipinski definition) is 2. The van der Waals surface area contributed by atoms with E-state index in [9.17, 15) is 9.59 Å². The monoisotopic (exact) mass is 621 g/mol. The zero-order chi connectivity index (χ0) is 23.1. The van der Waals surface area contributed by atoms with Gasteiger partial charge in [-0.2, -0.15) is 5.10 Å². The summed E-state index contributed by atoms with van der Waals surface area (Å²) in [7, 11) is 0. The molecule has 0 heterocycles. The van der Waals surface area contributed by atoms with Crippen molar-refractivity contribution in [2.24, 2.45) is 5.10 Å². The lowest BCUT2D eigenvalue weighted by atomic mass is 10.2. The number of nitrogens with one attached hydrogen (secondary N) is 2. The van der Waals surface area contributed by atoms with Gasteiger partial charge in [0, 0.05) is 25.8 Å². The second-order valence-electron chi connectivity index (χ2n) is 6.71. The molecule has 0 saturated carbocycles. The number of nitrogens with zero attached hydrogens (tertiary/aromatic N) is 1. The summed E-state index contributed by atoms with van der Waals surface area (Å²) in [5.41, 5.74) is 5.33. The lowest BCUT2D eigenvalue weighted by molar-refractivity contribution is -0.118. The van der Waals surface area contributed by atoms with Gasteiger partial charge in [-0.25, -0.2) is 5.43 Å². The fraction of sp³-hybridized carbons (Fsp3) is 0.0870. The number of rotatable bonds is 7. The topological polar surface area (TPSA) is 79.8 Å². The highest BCUT2D eigenvalue weighted by Gasteiger charge is 2.12. The van der Waals surface area contributed by atoms with Crippen LogP contribution in [0.3, 0.4) is 0 Å². The molecule has 0 aromatic heterocycles. The van der Waals surface area contributed by atoms with Crippen LogP contribution in [0.15, 0.2) is 79.2 Å². The summed E-state index contributed by atoms with van der Waals surface area (Å²) in [6.07, 6.45) is 1.46. The van der Waals surface area contributed by atoms with Gasteiger partial charge >= 0.3 is 0 Å². The van der Waals surface area contributed by atoms with Crippen molar-refractivity contribution in [3.63, 3.8) is 0 Å². The van der Waals surface area contributed by atoms with Crippen LogP contribution >= 0.6 is 47.8 Å². The summed E-state index contributed by atoms with van der Waals surface area (Å²) < 4.78 is 8.04. The van der Waals surface area contributed by atoms with Crippen molar-refractivity contribution < 1.29 is 14.3 Å². The molecule has 32 heavy (non-hydrogen) atoms. The van der Waals surface area contributed by atoms with Crippen LogP contribution in [0.5, 0.6) is 5.75 Å². The second-order valence-corrected chi connectivity index (χ2v) is 9.40. The molecule has 3 rings (SSSR count). The van der Waals surface area contributed by atoms with Crippen LogP contribution < -0.4 is 15.5 Å². The Hall–Kier alpha value is -2.49. The lowest BCUT2D eigenvalue weighted by Crippen LogP contribution is -2.21. The van der Waals surface area contributed by atoms with Gasteiger partial charge in [-0.15, -0.1) is 0 Å². The first kappa shape index (κ1) is 24.2. The largest absolute Gasteiger partial charge is 0.482 e. The van der Waals surface area contributed by atoms with Crippen LogP contribution in [0.25, 0.3) is 0 Å². The number of carbonyl (C=O) groups excluding carboxylic acids is 2. The number of anilines is 1. The van der Waals surface area contributed by atoms with Crippen molar-refractivity contribution in [3.05, 3.63) is 90.8 Å². The summed E-state index contributed by atoms with van der Waals surface area (Å²) in [4.78, 5) is 24.5. The van der Waals surface area contributed by atoms with E-state index in [0.29, 0.717) is 27.0 Å². The number of halogens is 3. The Balaban J connectivity index is 1.66. The number of ether oxygens (including phenoxy) is 1. The fourth-order valence-electron chi connectivity index (χ4n) is 2.63. The van der Waals surface area contributed by atoms with Gasteiger partial charge in [0.2, 0.25) is 0 Å². The van der Waals surface area contributed by atoms with E-state index in [-0.39, 0.29) is 18.4 Å². The number of carbonyl (C=O) groups is 2. The van der Waals surface area contributed by atoms with Crippen molar-refractivity contribution in [2.75, 3.05) is 11.9 Å². The molecule has 0 bridgehead atoms. The summed E-state index contributed by atoms with van der Waals surface area (Å²) in [5.74, 6) is -0.216. The minimum Gasteiger partial charge on any atom is -0.482 e. The Morgan fingerprint density at radius 1 is 0.969 bits per heavy atom. The number of aryl methyl sites for hydroxylation is 1. The number of hydrogen-bond acceptors (Lipinski definition) is 4. The number of hydrazone groups is 1. The van der Waals surface area contributed by atoms with Gasteiger partial charge < -0.3 is 10.1 Å². The Labute approximate surface area is 210 Å². The highest BCUT2D eigenvalue weighted by Crippen LogP contribution is 2.32. The third-order valence-corrected chi connectivity index (χ3v) is 5.77. The molecule has 3 aromatic rings. The third-order valence-electron chi connectivity index (χ3n) is 4.20. The van der Waals surface area contributed by atoms with Crippen molar-refractivity contribution >= 4 is 71.5 Å². The van der Waals surface area contributed by atoms with E-state index < -0.39 is 0 Å². The van der Waals surface area contributed by atoms with Gasteiger partial charge in [0.15, 0.2) is 6.61 Å². The van der Waals surface area contributed by atoms with Gasteiger partial charge in [0.1, 0.15) is 5.75 Å². The predicted molar refractivity (Wildman–Crippen MR) is 136 cm³/mol. The van der Waals surface area contributed by atoms with Crippen LogP contribution in [0.4, 0.5) is 5.69 Å². The van der Waals surface area contributed by atoms with E-state index in [0.717, 1.165) is 14.5 Å². The van der Waals surface area contributed by atoms with Crippen LogP contribution in [-0.4, -0.2) is 24.6 Å². The van der Waals surface area contributed by atoms with E-state index in [1.165, 1.54) is 6.21 Å². The lowest BCUT2D eigenvalue weighted by Gasteiger charge is -2.12. The highest BCUT2D eigenvalue weighted by molar-refractivity contribution is 9.11. The molecule has 0 saturated heterocycles. The van der Waals surface area contributed by atoms with Crippen LogP contribution in [0, 0.1) is 6.92 Å². The Kier molecular flexibility index (Phi) is 8.60. The standard InChI is InChI=1S/C23H18Br3N3O3/c1-14-2-8-19(9-3-14)28-21(30)13-32-22-16(10-18(25)11-20(22)26)12-27-29-23(31)15-4-6-17(24)7-5-15/h2-12H,13H2,1H3,(H,28,30)(H,29,31)/b27-12+. The van der Waals surface area contributed by atoms with E-state index in [2.05, 4.69) is 63.6 Å². The maximum atomic E-state index is 12.3. The van der Waals surface area contributed by atoms with E-state index >= 15 is 0 Å². The van der Waals surface area contributed by atoms with Gasteiger partial charge in [-0.3, -0.25) is 9.59 Å². The molecule has 3 aromatic carbocycles. The quantitative estimate of drug-likeness (QED) is 0.248. The first-order valence-electron chi connectivity index (χ1n) is 9.39. The minimum atomic E-state index is -0.345. The third kappa shape index (κ3) is 7.01. The SMILES string of the molecule is Cc1ccc(NC(=O)COc2c(Br)cc(Br)cc2/C=N/NC(=O)c2ccc(Br)cc2)cc1. The Morgan fingerprint density at radius 2 is 1.66 bits per heavy atom. The van der Waals surface area contributed by atoms with Gasteiger partial charge in [0.05, 0.1) is 10.7 Å². The summed E-state index contributed by atoms with van der Waals surface area (Å²) in [6.45, 7) is 1.78. The maximum absolute atomic E-state index is 12.3. The van der Waals surface area contributed by atoms with Crippen molar-refractivity contribution in [2.45, 2.75) is 6.92 Å². The zero-order valence-corrected chi connectivity index (χ0v) is 21.6. The molecule has 0 aliphatic heterocycles. The molecular weight excluding hydrogens is 606 g/mol. The smallest absolute Gasteiger partial charge is 0.271 e. The Bertz CT molecular complexity index is 1150. The molecule has 2 N–H and O–H groups in total. The molecule has 2 amide bonds. The van der Waals surface area contributed by atoms with E-state index in [1.54, 1.807) is 36.4 Å². The molecule has 9 heteroatoms. The molecule has 0 fully saturated rings. The van der Waals surface area contributed by atoms with Gasteiger partial charge in [-0.05, 0) is 71.4 Å². The molecule has 0 aliphatic carbocycles. The van der Waals surface area contributed by atoms with E-state index in [4.69, 9.17) is 4.74 Å². The highest BCUT2D eigenvalue weighted by atomic mass is 79.9. The number of benzene rings is 3. The molecule has 6 nitrogen and oxygen atoms in total. The molecular formula is C23H18Br3N3O3. The normalized spacial score (nSPS) is 10.8. The van der Waals surface area contributed by atoms with Crippen molar-refractivity contribution in [3.8, 4) is 5.75 Å². The summed E-state index contributed by atoms with van der Waals surface area (Å²) in [6, 6.07) is 18.0. The van der Waals surface area contributed by atoms with Crippen molar-refractivity contribution in [1.29, 1.82) is 0 Å². The fourth-order valence-corrected chi connectivity index (χ4v) is 4.26. The van der Waals surface area contributed by atoms with Crippen LogP contribution in [0.1, 0.15) is 21.5 Å². The average Bonchev–Trinajstić information content (AvgIpc) is 2.75. The molecule has 164 valence electrons. The molecule has 0 unspecified atom stereocenters. The summed E-state index contributed by atoms with van der Waals surface area (Å²) >= 11 is 10.2. The minimum absolute atomic E-state index is 0.194. The zero-order valence-electron chi connectivity index (χ0n) is 16.9. The second kappa shape index (κ2) is 11.4. The molecule has 0 aliphatic rings. The van der Waals surface area contributed by atoms with Gasteiger partial charge in [-0.1, -0.05) is 49.6 Å². The average molecular weight is 624 g/mol. The predicted octanol–water partition coefficient (Wildman–Crippen LogP) is 6.06. The first-order valence-corrected chi connectivity index (χ1v) is 11.8. The van der Waals surface area contributed by atoms with Gasteiger partial charge in [0.25, 0.3) is 11.8 Å². The summed E-state index contributed by atoms with van der Waals surface area (Å²) in [5, 5.41) is 6.82. The molecule has 0 spiro atoms. The number of amides is 2. The first-order chi connectivity index (χ1) is 15.3. The van der Waals surface area contributed by atoms with Crippen LogP contribution in [0.2, 0.25) is 0 Å². The Morgan fingerprint density at radius 3 is 2.34 bits per heavy atom.